The number of dihydropyridines is 1. The van der Waals surface area contributed by atoms with Gasteiger partial charge in [-0.05, 0) is 38.0 Å². The van der Waals surface area contributed by atoms with Crippen molar-refractivity contribution in [2.24, 2.45) is 5.92 Å². The van der Waals surface area contributed by atoms with Crippen LogP contribution in [0.2, 0.25) is 0 Å². The van der Waals surface area contributed by atoms with Crippen molar-refractivity contribution in [3.05, 3.63) is 23.5 Å². The molecule has 140 valence electrons. The lowest BCUT2D eigenvalue weighted by molar-refractivity contribution is 0.0253. The first kappa shape index (κ1) is 19.7. The van der Waals surface area contributed by atoms with Gasteiger partial charge in [0.1, 0.15) is 6.07 Å². The summed E-state index contributed by atoms with van der Waals surface area (Å²) in [7, 11) is -4.40. The minimum atomic E-state index is -4.40. The van der Waals surface area contributed by atoms with E-state index < -0.39 is 15.5 Å². The summed E-state index contributed by atoms with van der Waals surface area (Å²) in [5.41, 5.74) is 0.561. The molecule has 1 saturated heterocycles. The predicted molar refractivity (Wildman–Crippen MR) is 91.9 cm³/mol. The van der Waals surface area contributed by atoms with E-state index in [-0.39, 0.29) is 5.57 Å². The van der Waals surface area contributed by atoms with Gasteiger partial charge in [-0.1, -0.05) is 0 Å². The Morgan fingerprint density at radius 2 is 2.20 bits per heavy atom. The van der Waals surface area contributed by atoms with Gasteiger partial charge in [0, 0.05) is 19.7 Å². The molecule has 0 aromatic rings. The van der Waals surface area contributed by atoms with Crippen LogP contribution in [0.4, 0.5) is 0 Å². The number of hydrogen-bond donors (Lipinski definition) is 2. The van der Waals surface area contributed by atoms with Gasteiger partial charge < -0.3 is 19.7 Å². The van der Waals surface area contributed by atoms with Crippen LogP contribution < -0.4 is 5.32 Å². The highest BCUT2D eigenvalue weighted by Gasteiger charge is 2.33. The molecule has 0 aromatic heterocycles. The largest absolute Gasteiger partial charge is 0.379 e. The Kier molecular flexibility index (Phi) is 7.25. The van der Waals surface area contributed by atoms with E-state index >= 15 is 0 Å². The summed E-state index contributed by atoms with van der Waals surface area (Å²) in [6, 6.07) is 1.93. The van der Waals surface area contributed by atoms with Crippen LogP contribution in [0.1, 0.15) is 19.8 Å². The molecule has 0 spiro atoms. The average molecular weight is 371 g/mol. The second-order valence-corrected chi connectivity index (χ2v) is 7.53. The number of allylic oxidation sites excluding steroid dienone is 1. The van der Waals surface area contributed by atoms with Crippen molar-refractivity contribution in [1.82, 2.24) is 10.2 Å². The minimum absolute atomic E-state index is 0.0166. The van der Waals surface area contributed by atoms with Crippen LogP contribution in [-0.4, -0.2) is 62.8 Å². The molecular weight excluding hydrogens is 346 g/mol. The van der Waals surface area contributed by atoms with Crippen LogP contribution in [0.3, 0.4) is 0 Å². The van der Waals surface area contributed by atoms with Gasteiger partial charge in [-0.3, -0.25) is 4.55 Å². The maximum Gasteiger partial charge on any atom is 0.291 e. The van der Waals surface area contributed by atoms with E-state index in [4.69, 9.17) is 9.47 Å². The van der Waals surface area contributed by atoms with Crippen LogP contribution in [0.25, 0.3) is 0 Å². The van der Waals surface area contributed by atoms with Gasteiger partial charge in [-0.15, -0.1) is 0 Å². The Morgan fingerprint density at radius 3 is 2.88 bits per heavy atom. The summed E-state index contributed by atoms with van der Waals surface area (Å²) in [6.07, 6.45) is 5.08. The van der Waals surface area contributed by atoms with Gasteiger partial charge >= 0.3 is 0 Å². The first-order valence-electron chi connectivity index (χ1n) is 8.41. The molecule has 9 heteroatoms. The summed E-state index contributed by atoms with van der Waals surface area (Å²) in [6.45, 7) is 5.73. The zero-order chi connectivity index (χ0) is 18.3. The van der Waals surface area contributed by atoms with Gasteiger partial charge in [0.25, 0.3) is 10.1 Å². The van der Waals surface area contributed by atoms with Crippen molar-refractivity contribution in [3.63, 3.8) is 0 Å². The van der Waals surface area contributed by atoms with Crippen molar-refractivity contribution < 1.29 is 22.4 Å². The quantitative estimate of drug-likeness (QED) is 0.477. The third-order valence-corrected chi connectivity index (χ3v) is 5.20. The smallest absolute Gasteiger partial charge is 0.291 e. The molecule has 0 radical (unpaired) electrons. The molecule has 1 fully saturated rings. The topological polar surface area (TPSA) is 112 Å². The zero-order valence-corrected chi connectivity index (χ0v) is 15.2. The molecule has 2 N–H and O–H groups in total. The number of piperidine rings is 1. The van der Waals surface area contributed by atoms with E-state index in [2.05, 4.69) is 5.32 Å². The van der Waals surface area contributed by atoms with Crippen LogP contribution in [0.15, 0.2) is 23.5 Å². The number of nitrogens with one attached hydrogen (secondary N) is 1. The van der Waals surface area contributed by atoms with E-state index in [9.17, 15) is 18.2 Å². The molecule has 2 aliphatic heterocycles. The van der Waals surface area contributed by atoms with E-state index in [1.807, 2.05) is 17.9 Å². The molecule has 0 aliphatic carbocycles. The summed E-state index contributed by atoms with van der Waals surface area (Å²) in [4.78, 5) is 1.99. The number of rotatable bonds is 8. The average Bonchev–Trinajstić information content (AvgIpc) is 2.60. The lowest BCUT2D eigenvalue weighted by Gasteiger charge is -2.37. The van der Waals surface area contributed by atoms with Crippen molar-refractivity contribution >= 4 is 10.1 Å². The minimum Gasteiger partial charge on any atom is -0.379 e. The van der Waals surface area contributed by atoms with Crippen LogP contribution in [0.5, 0.6) is 0 Å². The molecule has 0 amide bonds. The summed E-state index contributed by atoms with van der Waals surface area (Å²) < 4.78 is 43.2. The third-order valence-electron chi connectivity index (χ3n) is 4.23. The molecule has 2 heterocycles. The van der Waals surface area contributed by atoms with E-state index in [0.717, 1.165) is 19.4 Å². The van der Waals surface area contributed by atoms with Gasteiger partial charge in [-0.2, -0.15) is 13.7 Å². The van der Waals surface area contributed by atoms with Crippen molar-refractivity contribution in [2.75, 3.05) is 39.5 Å². The zero-order valence-electron chi connectivity index (χ0n) is 14.3. The summed E-state index contributed by atoms with van der Waals surface area (Å²) >= 11 is 0. The molecular formula is C16H25N3O5S. The number of ether oxygens (including phenoxy) is 2. The van der Waals surface area contributed by atoms with E-state index in [1.165, 1.54) is 6.20 Å². The molecule has 0 bridgehead atoms. The molecule has 2 rings (SSSR count). The fourth-order valence-electron chi connectivity index (χ4n) is 3.08. The summed E-state index contributed by atoms with van der Waals surface area (Å²) in [5, 5.41) is 10.5. The van der Waals surface area contributed by atoms with E-state index in [1.54, 1.807) is 6.08 Å². The highest BCUT2D eigenvalue weighted by atomic mass is 32.2. The van der Waals surface area contributed by atoms with Crippen molar-refractivity contribution in [1.29, 1.82) is 5.26 Å². The van der Waals surface area contributed by atoms with Crippen molar-refractivity contribution in [2.45, 2.75) is 25.1 Å². The molecule has 8 nitrogen and oxygen atoms in total. The second-order valence-electron chi connectivity index (χ2n) is 6.03. The van der Waals surface area contributed by atoms with Crippen molar-refractivity contribution in [3.8, 4) is 6.07 Å². The molecule has 2 unspecified atom stereocenters. The number of hydrogen-bond acceptors (Lipinski definition) is 7. The third kappa shape index (κ3) is 5.44. The lowest BCUT2D eigenvalue weighted by atomic mass is 9.97. The van der Waals surface area contributed by atoms with Gasteiger partial charge in [0.15, 0.2) is 5.37 Å². The Bertz CT molecular complexity index is 653. The molecule has 0 saturated carbocycles. The number of likely N-dealkylation sites (tertiary alicyclic amines) is 1. The molecule has 2 atom stereocenters. The Hall–Kier alpha value is -1.60. The SMILES string of the molecule is CCOCCOCC1CCCN(C2=C(C#N)C(S(=O)(=O)O)NC=C2)C1. The molecule has 2 aliphatic rings. The Balaban J connectivity index is 2.02. The summed E-state index contributed by atoms with van der Waals surface area (Å²) in [5.74, 6) is 0.301. The second kappa shape index (κ2) is 9.20. The first-order chi connectivity index (χ1) is 12.0. The van der Waals surface area contributed by atoms with Gasteiger partial charge in [-0.25, -0.2) is 0 Å². The fraction of sp³-hybridized carbons (Fsp3) is 0.688. The maximum atomic E-state index is 11.5. The molecule has 25 heavy (non-hydrogen) atoms. The maximum absolute atomic E-state index is 11.5. The lowest BCUT2D eigenvalue weighted by Crippen LogP contribution is -2.42. The van der Waals surface area contributed by atoms with Crippen LogP contribution in [-0.2, 0) is 19.6 Å². The van der Waals surface area contributed by atoms with Crippen LogP contribution in [0, 0.1) is 17.2 Å². The standard InChI is InChI=1S/C16H25N3O5S/c1-2-23-8-9-24-12-13-4-3-7-19(11-13)15-5-6-18-16(14(15)10-17)25(20,21)22/h5-6,13,16,18H,2-4,7-9,11-12H2,1H3,(H,20,21,22). The first-order valence-corrected chi connectivity index (χ1v) is 9.91. The fourth-order valence-corrected chi connectivity index (χ4v) is 3.80. The highest BCUT2D eigenvalue weighted by Crippen LogP contribution is 2.26. The number of nitrogens with zero attached hydrogens (tertiary/aromatic N) is 2. The van der Waals surface area contributed by atoms with E-state index in [0.29, 0.717) is 44.6 Å². The van der Waals surface area contributed by atoms with Gasteiger partial charge in [0.05, 0.1) is 31.1 Å². The predicted octanol–water partition coefficient (Wildman–Crippen LogP) is 0.860. The normalized spacial score (nSPS) is 24.1. The van der Waals surface area contributed by atoms with Gasteiger partial charge in [0.2, 0.25) is 0 Å². The Morgan fingerprint density at radius 1 is 1.44 bits per heavy atom. The highest BCUT2D eigenvalue weighted by molar-refractivity contribution is 7.86. The van der Waals surface area contributed by atoms with Crippen LogP contribution >= 0.6 is 0 Å². The monoisotopic (exact) mass is 371 g/mol. The number of nitriles is 1. The molecule has 0 aromatic carbocycles. The Labute approximate surface area is 148 Å².